The molecule has 0 amide bonds. The lowest BCUT2D eigenvalue weighted by molar-refractivity contribution is 0.183. The molecule has 0 saturated heterocycles. The molecular weight excluding hydrogens is 268 g/mol. The molecule has 0 unspecified atom stereocenters. The predicted octanol–water partition coefficient (Wildman–Crippen LogP) is 2.02. The molecule has 2 aromatic rings. The first-order chi connectivity index (χ1) is 10.3. The third-order valence-corrected chi connectivity index (χ3v) is 3.04. The average Bonchev–Trinajstić information content (AvgIpc) is 2.98. The number of nitriles is 1. The molecule has 0 spiro atoms. The van der Waals surface area contributed by atoms with Crippen molar-refractivity contribution in [2.75, 3.05) is 26.1 Å². The van der Waals surface area contributed by atoms with Gasteiger partial charge in [-0.25, -0.2) is 0 Å². The van der Waals surface area contributed by atoms with E-state index in [0.717, 1.165) is 17.8 Å². The second-order valence-corrected chi connectivity index (χ2v) is 4.48. The number of aromatic nitrogens is 2. The van der Waals surface area contributed by atoms with Crippen LogP contribution < -0.4 is 10.1 Å². The van der Waals surface area contributed by atoms with Crippen LogP contribution in [0.2, 0.25) is 0 Å². The van der Waals surface area contributed by atoms with Crippen LogP contribution in [0.25, 0.3) is 0 Å². The summed E-state index contributed by atoms with van der Waals surface area (Å²) < 4.78 is 12.0. The van der Waals surface area contributed by atoms with Gasteiger partial charge in [0.1, 0.15) is 11.8 Å². The zero-order valence-electron chi connectivity index (χ0n) is 12.2. The van der Waals surface area contributed by atoms with Crippen LogP contribution in [0.15, 0.2) is 30.6 Å². The average molecular weight is 286 g/mol. The van der Waals surface area contributed by atoms with Crippen LogP contribution in [0.5, 0.6) is 5.75 Å². The number of nitrogens with zero attached hydrogens (tertiary/aromatic N) is 3. The molecule has 6 nitrogen and oxygen atoms in total. The quantitative estimate of drug-likeness (QED) is 0.843. The van der Waals surface area contributed by atoms with E-state index in [0.29, 0.717) is 24.5 Å². The number of hydrogen-bond acceptors (Lipinski definition) is 5. The van der Waals surface area contributed by atoms with Gasteiger partial charge in [0, 0.05) is 19.9 Å². The van der Waals surface area contributed by atoms with Crippen molar-refractivity contribution in [2.24, 2.45) is 0 Å². The zero-order valence-corrected chi connectivity index (χ0v) is 12.2. The Bertz CT molecular complexity index is 631. The van der Waals surface area contributed by atoms with Crippen LogP contribution in [0.1, 0.15) is 11.1 Å². The number of nitrogens with one attached hydrogen (secondary N) is 1. The Kier molecular flexibility index (Phi) is 5.18. The fourth-order valence-electron chi connectivity index (χ4n) is 1.92. The van der Waals surface area contributed by atoms with E-state index in [1.165, 1.54) is 0 Å². The highest BCUT2D eigenvalue weighted by molar-refractivity contribution is 5.47. The van der Waals surface area contributed by atoms with E-state index < -0.39 is 0 Å². The van der Waals surface area contributed by atoms with Crippen LogP contribution in [-0.4, -0.2) is 30.6 Å². The van der Waals surface area contributed by atoms with Crippen LogP contribution >= 0.6 is 0 Å². The molecular formula is C15H18N4O2. The molecule has 0 atom stereocenters. The summed E-state index contributed by atoms with van der Waals surface area (Å²) in [5, 5.41) is 16.6. The fourth-order valence-corrected chi connectivity index (χ4v) is 1.92. The van der Waals surface area contributed by atoms with Gasteiger partial charge >= 0.3 is 0 Å². The summed E-state index contributed by atoms with van der Waals surface area (Å²) >= 11 is 0. The Morgan fingerprint density at radius 3 is 2.95 bits per heavy atom. The summed E-state index contributed by atoms with van der Waals surface area (Å²) in [6.45, 7) is 1.97. The van der Waals surface area contributed by atoms with Crippen molar-refractivity contribution in [3.05, 3.63) is 41.7 Å². The van der Waals surface area contributed by atoms with Crippen molar-refractivity contribution >= 4 is 5.69 Å². The third-order valence-electron chi connectivity index (χ3n) is 3.04. The second kappa shape index (κ2) is 7.31. The highest BCUT2D eigenvalue weighted by Crippen LogP contribution is 2.19. The molecule has 0 aliphatic carbocycles. The van der Waals surface area contributed by atoms with Gasteiger partial charge in [0.25, 0.3) is 0 Å². The Balaban J connectivity index is 1.96. The standard InChI is InChI=1S/C15H18N4O2/c1-20-6-5-19-11-14(10-18-19)17-9-12-3-4-15(21-2)13(7-12)8-16/h3-4,7,10-11,17H,5-6,9H2,1-2H3. The van der Waals surface area contributed by atoms with Crippen LogP contribution in [0, 0.1) is 11.3 Å². The van der Waals surface area contributed by atoms with E-state index in [9.17, 15) is 0 Å². The number of rotatable bonds is 7. The molecule has 110 valence electrons. The van der Waals surface area contributed by atoms with Gasteiger partial charge < -0.3 is 14.8 Å². The van der Waals surface area contributed by atoms with Gasteiger partial charge in [-0.1, -0.05) is 6.07 Å². The minimum atomic E-state index is 0.535. The lowest BCUT2D eigenvalue weighted by Gasteiger charge is -2.07. The Labute approximate surface area is 123 Å². The zero-order chi connectivity index (χ0) is 15.1. The fraction of sp³-hybridized carbons (Fsp3) is 0.333. The molecule has 1 aromatic heterocycles. The number of anilines is 1. The summed E-state index contributed by atoms with van der Waals surface area (Å²) in [7, 11) is 3.22. The van der Waals surface area contributed by atoms with Gasteiger partial charge in [-0.2, -0.15) is 10.4 Å². The summed E-state index contributed by atoms with van der Waals surface area (Å²) in [5.41, 5.74) is 2.48. The summed E-state index contributed by atoms with van der Waals surface area (Å²) in [4.78, 5) is 0. The van der Waals surface area contributed by atoms with Crippen molar-refractivity contribution in [3.63, 3.8) is 0 Å². The van der Waals surface area contributed by atoms with Gasteiger partial charge in [-0.3, -0.25) is 4.68 Å². The number of methoxy groups -OCH3 is 2. The maximum atomic E-state index is 9.07. The smallest absolute Gasteiger partial charge is 0.136 e. The predicted molar refractivity (Wildman–Crippen MR) is 79.1 cm³/mol. The number of ether oxygens (including phenoxy) is 2. The minimum Gasteiger partial charge on any atom is -0.495 e. The first kappa shape index (κ1) is 14.9. The van der Waals surface area contributed by atoms with Crippen molar-refractivity contribution in [3.8, 4) is 11.8 Å². The minimum absolute atomic E-state index is 0.535. The number of hydrogen-bond donors (Lipinski definition) is 1. The Morgan fingerprint density at radius 2 is 2.24 bits per heavy atom. The van der Waals surface area contributed by atoms with Gasteiger partial charge in [-0.05, 0) is 17.7 Å². The molecule has 1 heterocycles. The SMILES string of the molecule is COCCn1cc(NCc2ccc(OC)c(C#N)c2)cn1. The molecule has 2 rings (SSSR count). The Morgan fingerprint density at radius 1 is 1.38 bits per heavy atom. The van der Waals surface area contributed by atoms with E-state index in [4.69, 9.17) is 14.7 Å². The highest BCUT2D eigenvalue weighted by Gasteiger charge is 2.04. The molecule has 0 aliphatic heterocycles. The molecule has 0 aliphatic rings. The largest absolute Gasteiger partial charge is 0.495 e. The second-order valence-electron chi connectivity index (χ2n) is 4.48. The molecule has 0 saturated carbocycles. The molecule has 6 heteroatoms. The molecule has 0 radical (unpaired) electrons. The van der Waals surface area contributed by atoms with Crippen LogP contribution in [-0.2, 0) is 17.8 Å². The van der Waals surface area contributed by atoms with Crippen molar-refractivity contribution in [1.82, 2.24) is 9.78 Å². The first-order valence-electron chi connectivity index (χ1n) is 6.59. The van der Waals surface area contributed by atoms with Gasteiger partial charge in [0.2, 0.25) is 0 Å². The normalized spacial score (nSPS) is 10.1. The van der Waals surface area contributed by atoms with Crippen molar-refractivity contribution in [2.45, 2.75) is 13.1 Å². The van der Waals surface area contributed by atoms with Crippen molar-refractivity contribution < 1.29 is 9.47 Å². The summed E-state index contributed by atoms with van der Waals surface area (Å²) in [6, 6.07) is 7.69. The van der Waals surface area contributed by atoms with Crippen molar-refractivity contribution in [1.29, 1.82) is 5.26 Å². The summed E-state index contributed by atoms with van der Waals surface area (Å²) in [5.74, 6) is 0.591. The molecule has 0 fully saturated rings. The molecule has 21 heavy (non-hydrogen) atoms. The number of benzene rings is 1. The van der Waals surface area contributed by atoms with E-state index in [1.807, 2.05) is 23.0 Å². The van der Waals surface area contributed by atoms with E-state index in [-0.39, 0.29) is 0 Å². The van der Waals surface area contributed by atoms with E-state index >= 15 is 0 Å². The Hall–Kier alpha value is -2.52. The lowest BCUT2D eigenvalue weighted by atomic mass is 10.1. The van der Waals surface area contributed by atoms with Crippen LogP contribution in [0.3, 0.4) is 0 Å². The van der Waals surface area contributed by atoms with Gasteiger partial charge in [0.05, 0.1) is 37.7 Å². The lowest BCUT2D eigenvalue weighted by Crippen LogP contribution is -2.04. The van der Waals surface area contributed by atoms with Gasteiger partial charge in [0.15, 0.2) is 0 Å². The van der Waals surface area contributed by atoms with E-state index in [2.05, 4.69) is 16.5 Å². The maximum absolute atomic E-state index is 9.07. The monoisotopic (exact) mass is 286 g/mol. The topological polar surface area (TPSA) is 72.1 Å². The highest BCUT2D eigenvalue weighted by atomic mass is 16.5. The summed E-state index contributed by atoms with van der Waals surface area (Å²) in [6.07, 6.45) is 3.69. The molecule has 0 bridgehead atoms. The third kappa shape index (κ3) is 3.97. The molecule has 1 aromatic carbocycles. The van der Waals surface area contributed by atoms with E-state index in [1.54, 1.807) is 26.5 Å². The maximum Gasteiger partial charge on any atom is 0.136 e. The first-order valence-corrected chi connectivity index (χ1v) is 6.59. The molecule has 1 N–H and O–H groups in total. The van der Waals surface area contributed by atoms with Gasteiger partial charge in [-0.15, -0.1) is 0 Å². The van der Waals surface area contributed by atoms with Crippen LogP contribution in [0.4, 0.5) is 5.69 Å².